The summed E-state index contributed by atoms with van der Waals surface area (Å²) in [5.41, 5.74) is 0. The van der Waals surface area contributed by atoms with Gasteiger partial charge in [0, 0.05) is 9.92 Å². The molecule has 128 valence electrons. The molecule has 0 spiro atoms. The van der Waals surface area contributed by atoms with Gasteiger partial charge in [-0.1, -0.05) is 11.6 Å². The van der Waals surface area contributed by atoms with Crippen LogP contribution >= 0.6 is 23.4 Å². The number of hydrogen-bond donors (Lipinski definition) is 1. The van der Waals surface area contributed by atoms with E-state index in [1.54, 1.807) is 31.4 Å². The van der Waals surface area contributed by atoms with Crippen molar-refractivity contribution in [2.75, 3.05) is 20.3 Å². The molecule has 24 heavy (non-hydrogen) atoms. The highest BCUT2D eigenvalue weighted by molar-refractivity contribution is 8.00. The molecule has 1 atom stereocenters. The van der Waals surface area contributed by atoms with Crippen molar-refractivity contribution in [2.24, 2.45) is 0 Å². The number of carbonyl (C=O) groups is 1. The molecule has 0 aliphatic rings. The first kappa shape index (κ1) is 18.5. The molecule has 0 unspecified atom stereocenters. The lowest BCUT2D eigenvalue weighted by Crippen LogP contribution is -2.33. The quantitative estimate of drug-likeness (QED) is 0.567. The monoisotopic (exact) mass is 365 g/mol. The van der Waals surface area contributed by atoms with E-state index < -0.39 is 0 Å². The van der Waals surface area contributed by atoms with Crippen LogP contribution in [0.2, 0.25) is 5.02 Å². The van der Waals surface area contributed by atoms with E-state index in [-0.39, 0.29) is 11.2 Å². The molecule has 2 aromatic carbocycles. The minimum Gasteiger partial charge on any atom is -0.497 e. The summed E-state index contributed by atoms with van der Waals surface area (Å²) >= 11 is 7.31. The molecule has 0 saturated carbocycles. The molecule has 1 amide bonds. The summed E-state index contributed by atoms with van der Waals surface area (Å²) in [6, 6.07) is 14.8. The summed E-state index contributed by atoms with van der Waals surface area (Å²) in [7, 11) is 1.63. The number of hydrogen-bond acceptors (Lipinski definition) is 4. The topological polar surface area (TPSA) is 47.6 Å². The van der Waals surface area contributed by atoms with Gasteiger partial charge in [0.05, 0.1) is 18.9 Å². The number of ether oxygens (including phenoxy) is 2. The molecular weight excluding hydrogens is 346 g/mol. The van der Waals surface area contributed by atoms with Gasteiger partial charge in [0.15, 0.2) is 0 Å². The summed E-state index contributed by atoms with van der Waals surface area (Å²) in [5.74, 6) is 1.51. The van der Waals surface area contributed by atoms with E-state index in [0.29, 0.717) is 18.2 Å². The minimum absolute atomic E-state index is 0.0180. The largest absolute Gasteiger partial charge is 0.497 e. The average Bonchev–Trinajstić information content (AvgIpc) is 2.60. The maximum absolute atomic E-state index is 12.1. The molecule has 0 bridgehead atoms. The number of carbonyl (C=O) groups excluding carboxylic acids is 1. The van der Waals surface area contributed by atoms with Crippen LogP contribution in [0.5, 0.6) is 11.5 Å². The van der Waals surface area contributed by atoms with Gasteiger partial charge in [-0.05, 0) is 55.5 Å². The van der Waals surface area contributed by atoms with Gasteiger partial charge in [0.2, 0.25) is 5.91 Å². The van der Waals surface area contributed by atoms with Crippen LogP contribution in [0.1, 0.15) is 6.92 Å². The fourth-order valence-corrected chi connectivity index (χ4v) is 2.95. The van der Waals surface area contributed by atoms with Gasteiger partial charge < -0.3 is 14.8 Å². The Labute approximate surface area is 151 Å². The Balaban J connectivity index is 1.70. The van der Waals surface area contributed by atoms with Crippen LogP contribution in [0, 0.1) is 0 Å². The van der Waals surface area contributed by atoms with Crippen molar-refractivity contribution >= 4 is 29.3 Å². The minimum atomic E-state index is -0.186. The fraction of sp³-hybridized carbons (Fsp3) is 0.278. The molecule has 2 aromatic rings. The number of nitrogens with one attached hydrogen (secondary N) is 1. The van der Waals surface area contributed by atoms with Crippen molar-refractivity contribution in [1.29, 1.82) is 0 Å². The molecule has 0 fully saturated rings. The third-order valence-corrected chi connectivity index (χ3v) is 4.59. The van der Waals surface area contributed by atoms with Gasteiger partial charge in [-0.15, -0.1) is 11.8 Å². The van der Waals surface area contributed by atoms with E-state index in [4.69, 9.17) is 21.1 Å². The average molecular weight is 366 g/mol. The van der Waals surface area contributed by atoms with Crippen molar-refractivity contribution in [2.45, 2.75) is 17.1 Å². The van der Waals surface area contributed by atoms with E-state index in [9.17, 15) is 4.79 Å². The molecule has 2 rings (SSSR count). The van der Waals surface area contributed by atoms with Crippen LogP contribution < -0.4 is 14.8 Å². The van der Waals surface area contributed by atoms with Crippen LogP contribution in [0.3, 0.4) is 0 Å². The smallest absolute Gasteiger partial charge is 0.233 e. The Hall–Kier alpha value is -1.85. The van der Waals surface area contributed by atoms with Crippen molar-refractivity contribution in [3.63, 3.8) is 0 Å². The lowest BCUT2D eigenvalue weighted by atomic mass is 10.3. The number of rotatable bonds is 8. The highest BCUT2D eigenvalue weighted by Gasteiger charge is 2.13. The summed E-state index contributed by atoms with van der Waals surface area (Å²) in [6.07, 6.45) is 0. The normalized spacial score (nSPS) is 11.6. The molecule has 6 heteroatoms. The number of benzene rings is 2. The number of halogens is 1. The summed E-state index contributed by atoms with van der Waals surface area (Å²) < 4.78 is 10.7. The van der Waals surface area contributed by atoms with Gasteiger partial charge in [0.25, 0.3) is 0 Å². The number of amides is 1. The Bertz CT molecular complexity index is 646. The Morgan fingerprint density at radius 1 is 1.12 bits per heavy atom. The van der Waals surface area contributed by atoms with E-state index in [2.05, 4.69) is 5.32 Å². The zero-order valence-corrected chi connectivity index (χ0v) is 15.2. The molecule has 0 saturated heterocycles. The van der Waals surface area contributed by atoms with E-state index in [1.807, 2.05) is 31.2 Å². The molecule has 0 aliphatic carbocycles. The fourth-order valence-electron chi connectivity index (χ4n) is 1.93. The first-order valence-corrected chi connectivity index (χ1v) is 8.81. The second-order valence-corrected chi connectivity index (χ2v) is 6.88. The van der Waals surface area contributed by atoms with Gasteiger partial charge in [0.1, 0.15) is 18.1 Å². The van der Waals surface area contributed by atoms with Crippen molar-refractivity contribution in [1.82, 2.24) is 5.32 Å². The highest BCUT2D eigenvalue weighted by Crippen LogP contribution is 2.25. The van der Waals surface area contributed by atoms with Crippen LogP contribution in [-0.2, 0) is 4.79 Å². The standard InChI is InChI=1S/C18H20ClNO3S/c1-13(24-17-9-7-15(22-2)8-10-17)18(21)20-11-12-23-16-5-3-14(19)4-6-16/h3-10,13H,11-12H2,1-2H3,(H,20,21)/t13-/m0/s1. The summed E-state index contributed by atoms with van der Waals surface area (Å²) in [5, 5.41) is 3.35. The molecule has 0 radical (unpaired) electrons. The zero-order valence-electron chi connectivity index (χ0n) is 13.6. The van der Waals surface area contributed by atoms with E-state index >= 15 is 0 Å². The van der Waals surface area contributed by atoms with Crippen molar-refractivity contribution < 1.29 is 14.3 Å². The second-order valence-electron chi connectivity index (χ2n) is 5.03. The van der Waals surface area contributed by atoms with E-state index in [1.165, 1.54) is 11.8 Å². The molecule has 0 heterocycles. The lowest BCUT2D eigenvalue weighted by molar-refractivity contribution is -0.120. The van der Waals surface area contributed by atoms with Crippen LogP contribution in [-0.4, -0.2) is 31.4 Å². The van der Waals surface area contributed by atoms with Crippen LogP contribution in [0.4, 0.5) is 0 Å². The Kier molecular flexibility index (Phi) is 7.28. The highest BCUT2D eigenvalue weighted by atomic mass is 35.5. The molecule has 0 aliphatic heterocycles. The summed E-state index contributed by atoms with van der Waals surface area (Å²) in [6.45, 7) is 2.74. The third-order valence-electron chi connectivity index (χ3n) is 3.23. The summed E-state index contributed by atoms with van der Waals surface area (Å²) in [4.78, 5) is 13.1. The lowest BCUT2D eigenvalue weighted by Gasteiger charge is -2.13. The van der Waals surface area contributed by atoms with Gasteiger partial charge in [-0.25, -0.2) is 0 Å². The van der Waals surface area contributed by atoms with Crippen LogP contribution in [0.25, 0.3) is 0 Å². The first-order chi connectivity index (χ1) is 11.6. The predicted octanol–water partition coefficient (Wildman–Crippen LogP) is 4.02. The Morgan fingerprint density at radius 2 is 1.75 bits per heavy atom. The van der Waals surface area contributed by atoms with Gasteiger partial charge in [-0.2, -0.15) is 0 Å². The Morgan fingerprint density at radius 3 is 2.38 bits per heavy atom. The SMILES string of the molecule is COc1ccc(S[C@@H](C)C(=O)NCCOc2ccc(Cl)cc2)cc1. The maximum atomic E-state index is 12.1. The molecule has 1 N–H and O–H groups in total. The zero-order chi connectivity index (χ0) is 17.4. The van der Waals surface area contributed by atoms with Crippen molar-refractivity contribution in [3.8, 4) is 11.5 Å². The van der Waals surface area contributed by atoms with Crippen LogP contribution in [0.15, 0.2) is 53.4 Å². The number of thioether (sulfide) groups is 1. The van der Waals surface area contributed by atoms with Gasteiger partial charge in [-0.3, -0.25) is 4.79 Å². The maximum Gasteiger partial charge on any atom is 0.233 e. The molecular formula is C18H20ClNO3S. The second kappa shape index (κ2) is 9.45. The van der Waals surface area contributed by atoms with Crippen molar-refractivity contribution in [3.05, 3.63) is 53.6 Å². The number of methoxy groups -OCH3 is 1. The predicted molar refractivity (Wildman–Crippen MR) is 98.3 cm³/mol. The van der Waals surface area contributed by atoms with Gasteiger partial charge >= 0.3 is 0 Å². The van der Waals surface area contributed by atoms with E-state index in [0.717, 1.165) is 16.4 Å². The molecule has 0 aromatic heterocycles. The molecule has 4 nitrogen and oxygen atoms in total. The third kappa shape index (κ3) is 5.98. The first-order valence-electron chi connectivity index (χ1n) is 7.55.